The van der Waals surface area contributed by atoms with Crippen LogP contribution in [0.2, 0.25) is 0 Å². The minimum atomic E-state index is 1.12. The molecule has 216 valence electrons. The molecular weight excluding hydrogens is 480 g/mol. The Morgan fingerprint density at radius 1 is 0.350 bits per heavy atom. The molecule has 0 heteroatoms. The molecular formula is C40H56. The van der Waals surface area contributed by atoms with Gasteiger partial charge in [0, 0.05) is 0 Å². The predicted molar refractivity (Wildman–Crippen MR) is 186 cm³/mol. The summed E-state index contributed by atoms with van der Waals surface area (Å²) in [5, 5.41) is 0. The maximum atomic E-state index is 2.30. The Kier molecular flexibility index (Phi) is 21.5. The highest BCUT2D eigenvalue weighted by molar-refractivity contribution is 5.32. The average molecular weight is 537 g/mol. The fraction of sp³-hybridized carbons (Fsp3) is 0.350. The fourth-order valence-electron chi connectivity index (χ4n) is 3.41. The Morgan fingerprint density at radius 3 is 0.925 bits per heavy atom. The lowest BCUT2D eigenvalue weighted by molar-refractivity contribution is 0.967. The summed E-state index contributed by atoms with van der Waals surface area (Å²) >= 11 is 0. The van der Waals surface area contributed by atoms with E-state index in [0.29, 0.717) is 0 Å². The second-order valence-corrected chi connectivity index (χ2v) is 11.1. The van der Waals surface area contributed by atoms with Crippen LogP contribution in [0.1, 0.15) is 94.9 Å². The Labute approximate surface area is 248 Å². The van der Waals surface area contributed by atoms with Gasteiger partial charge in [-0.25, -0.2) is 0 Å². The highest BCUT2D eigenvalue weighted by Crippen LogP contribution is 2.09. The van der Waals surface area contributed by atoms with E-state index in [9.17, 15) is 0 Å². The molecule has 0 atom stereocenters. The molecule has 0 nitrogen and oxygen atoms in total. The molecule has 0 aliphatic heterocycles. The first-order valence-electron chi connectivity index (χ1n) is 14.7. The van der Waals surface area contributed by atoms with Crippen molar-refractivity contribution >= 4 is 0 Å². The molecule has 0 aliphatic rings. The Bertz CT molecular complexity index is 1050. The van der Waals surface area contributed by atoms with Crippen LogP contribution in [0.5, 0.6) is 0 Å². The van der Waals surface area contributed by atoms with Gasteiger partial charge in [0.05, 0.1) is 0 Å². The van der Waals surface area contributed by atoms with Crippen LogP contribution in [0.15, 0.2) is 154 Å². The summed E-state index contributed by atoms with van der Waals surface area (Å²) in [6, 6.07) is 0. The Hall–Kier alpha value is -3.38. The van der Waals surface area contributed by atoms with Gasteiger partial charge < -0.3 is 0 Å². The third-order valence-electron chi connectivity index (χ3n) is 5.93. The third kappa shape index (κ3) is 24.9. The van der Waals surface area contributed by atoms with E-state index in [-0.39, 0.29) is 0 Å². The van der Waals surface area contributed by atoms with E-state index in [1.807, 2.05) is 0 Å². The van der Waals surface area contributed by atoms with Gasteiger partial charge in [0.25, 0.3) is 0 Å². The van der Waals surface area contributed by atoms with Crippen LogP contribution in [-0.2, 0) is 0 Å². The van der Waals surface area contributed by atoms with Gasteiger partial charge in [-0.1, -0.05) is 154 Å². The highest BCUT2D eigenvalue weighted by atomic mass is 13.9. The molecule has 0 aromatic carbocycles. The number of allylic oxidation sites excluding steroid dienone is 26. The van der Waals surface area contributed by atoms with Crippen molar-refractivity contribution in [3.8, 4) is 0 Å². The SMILES string of the molecule is CC(C)=CCC\C(C)=C/C=C/C(C)=C/C=C/C(C)=C/C=C/C=C(C)/C=C/C=C(C)/C=C/C=C(\C)CCC=C(C)C. The molecule has 0 saturated heterocycles. The van der Waals surface area contributed by atoms with Crippen LogP contribution in [0.3, 0.4) is 0 Å². The summed E-state index contributed by atoms with van der Waals surface area (Å²) in [7, 11) is 0. The molecule has 0 aromatic heterocycles. The standard InChI is InChI=1S/C40H56/c1-33(2)19-13-23-37(7)27-17-31-39(9)29-15-25-35(5)21-11-12-22-36(6)26-16-30-40(10)32-18-28-38(8)24-14-20-34(3)4/h11-12,15-22,25-32H,13-14,23-24H2,1-10H3/b12-11+,25-15+,26-16+,31-17+,32-18+,35-21+,36-22+,37-27-,38-28+,39-29+,40-30+. The molecule has 0 saturated carbocycles. The first-order chi connectivity index (χ1) is 19.0. The van der Waals surface area contributed by atoms with Gasteiger partial charge >= 0.3 is 0 Å². The maximum absolute atomic E-state index is 2.30. The van der Waals surface area contributed by atoms with Crippen molar-refractivity contribution in [1.82, 2.24) is 0 Å². The lowest BCUT2D eigenvalue weighted by Crippen LogP contribution is -1.76. The molecule has 0 radical (unpaired) electrons. The van der Waals surface area contributed by atoms with Gasteiger partial charge in [-0.2, -0.15) is 0 Å². The summed E-state index contributed by atoms with van der Waals surface area (Å²) < 4.78 is 0. The highest BCUT2D eigenvalue weighted by Gasteiger charge is 1.88. The van der Waals surface area contributed by atoms with E-state index >= 15 is 0 Å². The monoisotopic (exact) mass is 536 g/mol. The summed E-state index contributed by atoms with van der Waals surface area (Å²) in [6.45, 7) is 21.5. The van der Waals surface area contributed by atoms with E-state index in [1.165, 1.54) is 44.6 Å². The van der Waals surface area contributed by atoms with Crippen molar-refractivity contribution in [2.24, 2.45) is 0 Å². The lowest BCUT2D eigenvalue weighted by atomic mass is 10.1. The van der Waals surface area contributed by atoms with Crippen LogP contribution in [-0.4, -0.2) is 0 Å². The molecule has 0 unspecified atom stereocenters. The van der Waals surface area contributed by atoms with Crippen LogP contribution >= 0.6 is 0 Å². The smallest absolute Gasteiger partial charge is 0.0285 e. The topological polar surface area (TPSA) is 0 Å². The van der Waals surface area contributed by atoms with Crippen molar-refractivity contribution in [3.63, 3.8) is 0 Å². The van der Waals surface area contributed by atoms with Crippen LogP contribution in [0, 0.1) is 0 Å². The van der Waals surface area contributed by atoms with Gasteiger partial charge in [0.15, 0.2) is 0 Å². The largest absolute Gasteiger partial charge is 0.0856 e. The van der Waals surface area contributed by atoms with E-state index in [0.717, 1.165) is 25.7 Å². The predicted octanol–water partition coefficient (Wildman–Crippen LogP) is 12.9. The quantitative estimate of drug-likeness (QED) is 0.136. The molecule has 0 N–H and O–H groups in total. The van der Waals surface area contributed by atoms with Crippen LogP contribution in [0.4, 0.5) is 0 Å². The van der Waals surface area contributed by atoms with E-state index < -0.39 is 0 Å². The summed E-state index contributed by atoms with van der Waals surface area (Å²) in [5.41, 5.74) is 10.5. The normalized spacial score (nSPS) is 15.1. The van der Waals surface area contributed by atoms with Gasteiger partial charge in [0.2, 0.25) is 0 Å². The Morgan fingerprint density at radius 2 is 0.625 bits per heavy atom. The summed E-state index contributed by atoms with van der Waals surface area (Å²) in [4.78, 5) is 0. The minimum Gasteiger partial charge on any atom is -0.0856 e. The molecule has 0 heterocycles. The second-order valence-electron chi connectivity index (χ2n) is 11.1. The summed E-state index contributed by atoms with van der Waals surface area (Å²) in [5.74, 6) is 0. The molecule has 0 spiro atoms. The van der Waals surface area contributed by atoms with Gasteiger partial charge in [-0.15, -0.1) is 0 Å². The molecule has 0 amide bonds. The number of rotatable bonds is 16. The van der Waals surface area contributed by atoms with Crippen molar-refractivity contribution < 1.29 is 0 Å². The zero-order valence-corrected chi connectivity index (χ0v) is 27.2. The average Bonchev–Trinajstić information content (AvgIpc) is 2.86. The van der Waals surface area contributed by atoms with Crippen molar-refractivity contribution in [2.45, 2.75) is 94.9 Å². The summed E-state index contributed by atoms with van der Waals surface area (Å²) in [6.07, 6.45) is 43.3. The molecule has 0 aliphatic carbocycles. The molecule has 0 fully saturated rings. The van der Waals surface area contributed by atoms with Crippen molar-refractivity contribution in [2.75, 3.05) is 0 Å². The zero-order valence-electron chi connectivity index (χ0n) is 27.2. The second kappa shape index (κ2) is 23.5. The number of hydrogen-bond donors (Lipinski definition) is 0. The fourth-order valence-corrected chi connectivity index (χ4v) is 3.41. The zero-order chi connectivity index (χ0) is 30.2. The molecule has 0 aromatic rings. The van der Waals surface area contributed by atoms with Crippen molar-refractivity contribution in [1.29, 1.82) is 0 Å². The Balaban J connectivity index is 4.70. The van der Waals surface area contributed by atoms with E-state index in [4.69, 9.17) is 0 Å². The van der Waals surface area contributed by atoms with Crippen LogP contribution < -0.4 is 0 Å². The third-order valence-corrected chi connectivity index (χ3v) is 5.93. The van der Waals surface area contributed by atoms with Gasteiger partial charge in [0.1, 0.15) is 0 Å². The number of hydrogen-bond acceptors (Lipinski definition) is 0. The van der Waals surface area contributed by atoms with E-state index in [1.54, 1.807) is 0 Å². The molecule has 40 heavy (non-hydrogen) atoms. The first kappa shape index (κ1) is 36.6. The van der Waals surface area contributed by atoms with Gasteiger partial charge in [-0.05, 0) is 94.9 Å². The van der Waals surface area contributed by atoms with E-state index in [2.05, 4.69) is 179 Å². The van der Waals surface area contributed by atoms with Gasteiger partial charge in [-0.3, -0.25) is 0 Å². The maximum Gasteiger partial charge on any atom is -0.0285 e. The molecule has 0 rings (SSSR count). The molecule has 0 bridgehead atoms. The first-order valence-corrected chi connectivity index (χ1v) is 14.7. The van der Waals surface area contributed by atoms with Crippen LogP contribution in [0.25, 0.3) is 0 Å². The lowest BCUT2D eigenvalue weighted by Gasteiger charge is -1.96. The minimum absolute atomic E-state index is 1.12. The van der Waals surface area contributed by atoms with Crippen molar-refractivity contribution in [3.05, 3.63) is 154 Å².